The van der Waals surface area contributed by atoms with Gasteiger partial charge in [0.15, 0.2) is 11.9 Å². The normalized spacial score (nSPS) is 14.8. The van der Waals surface area contributed by atoms with Crippen molar-refractivity contribution in [3.05, 3.63) is 53.3 Å². The van der Waals surface area contributed by atoms with Gasteiger partial charge < -0.3 is 23.7 Å². The summed E-state index contributed by atoms with van der Waals surface area (Å²) in [6, 6.07) is 10.1. The summed E-state index contributed by atoms with van der Waals surface area (Å²) in [5.41, 5.74) is 1.06. The van der Waals surface area contributed by atoms with Gasteiger partial charge in [-0.15, -0.1) is 0 Å². The number of methoxy groups -OCH3 is 2. The number of hydrogen-bond acceptors (Lipinski definition) is 7. The zero-order valence-corrected chi connectivity index (χ0v) is 16.7. The van der Waals surface area contributed by atoms with Crippen molar-refractivity contribution in [1.82, 2.24) is 0 Å². The molecule has 1 aliphatic rings. The lowest BCUT2D eigenvalue weighted by Crippen LogP contribution is -2.26. The summed E-state index contributed by atoms with van der Waals surface area (Å²) in [6.07, 6.45) is 0.826. The molecule has 0 spiro atoms. The molecule has 7 heteroatoms. The zero-order valence-electron chi connectivity index (χ0n) is 16.7. The van der Waals surface area contributed by atoms with Crippen LogP contribution in [0.5, 0.6) is 23.0 Å². The molecule has 2 aromatic rings. The lowest BCUT2D eigenvalue weighted by Gasteiger charge is -2.13. The maximum Gasteiger partial charge on any atom is 0.347 e. The van der Waals surface area contributed by atoms with Crippen LogP contribution in [0.2, 0.25) is 0 Å². The smallest absolute Gasteiger partial charge is 0.347 e. The molecule has 0 aromatic heterocycles. The minimum absolute atomic E-state index is 0.155. The fraction of sp³-hybridized carbons (Fsp3) is 0.273. The molecular formula is C22H22O7. The van der Waals surface area contributed by atoms with Gasteiger partial charge in [0, 0.05) is 11.6 Å². The average molecular weight is 398 g/mol. The molecule has 3 rings (SSSR count). The lowest BCUT2D eigenvalue weighted by molar-refractivity contribution is -0.150. The van der Waals surface area contributed by atoms with Crippen molar-refractivity contribution in [2.45, 2.75) is 20.0 Å². The van der Waals surface area contributed by atoms with Gasteiger partial charge in [-0.1, -0.05) is 0 Å². The Hall–Kier alpha value is -3.48. The molecule has 0 saturated heterocycles. The fourth-order valence-corrected chi connectivity index (χ4v) is 2.85. The topological polar surface area (TPSA) is 80.3 Å². The van der Waals surface area contributed by atoms with Crippen LogP contribution in [0.3, 0.4) is 0 Å². The van der Waals surface area contributed by atoms with E-state index < -0.39 is 12.1 Å². The standard InChI is InChI=1S/C22H22O7/c1-5-27-22(24)13(2)28-16-6-8-17-19(12-16)29-20(21(17)23)11-14-10-15(25-3)7-9-18(14)26-4/h6-13H,5H2,1-4H3/t13-/m0/s1. The van der Waals surface area contributed by atoms with Crippen LogP contribution in [0.25, 0.3) is 6.08 Å². The Morgan fingerprint density at radius 2 is 1.86 bits per heavy atom. The zero-order chi connectivity index (χ0) is 21.0. The molecular weight excluding hydrogens is 376 g/mol. The quantitative estimate of drug-likeness (QED) is 0.520. The van der Waals surface area contributed by atoms with Gasteiger partial charge in [-0.25, -0.2) is 4.79 Å². The first kappa shape index (κ1) is 20.3. The molecule has 1 heterocycles. The number of Topliss-reactive ketones (excluding diaryl/α,β-unsaturated/α-hetero) is 1. The van der Waals surface area contributed by atoms with E-state index in [1.165, 1.54) is 0 Å². The highest BCUT2D eigenvalue weighted by Gasteiger charge is 2.28. The highest BCUT2D eigenvalue weighted by molar-refractivity contribution is 6.14. The molecule has 0 fully saturated rings. The van der Waals surface area contributed by atoms with Crippen LogP contribution < -0.4 is 18.9 Å². The van der Waals surface area contributed by atoms with Crippen LogP contribution in [0.1, 0.15) is 29.8 Å². The maximum absolute atomic E-state index is 12.7. The Labute approximate surface area is 168 Å². The first-order valence-corrected chi connectivity index (χ1v) is 9.10. The number of fused-ring (bicyclic) bond motifs is 1. The van der Waals surface area contributed by atoms with E-state index in [1.807, 2.05) is 0 Å². The summed E-state index contributed by atoms with van der Waals surface area (Å²) in [6.45, 7) is 3.60. The molecule has 0 amide bonds. The second kappa shape index (κ2) is 8.68. The minimum atomic E-state index is -0.777. The molecule has 0 saturated carbocycles. The number of rotatable bonds is 7. The van der Waals surface area contributed by atoms with Gasteiger partial charge >= 0.3 is 5.97 Å². The predicted molar refractivity (Wildman–Crippen MR) is 106 cm³/mol. The summed E-state index contributed by atoms with van der Waals surface area (Å²) in [5.74, 6) is 1.41. The van der Waals surface area contributed by atoms with Crippen LogP contribution >= 0.6 is 0 Å². The Morgan fingerprint density at radius 1 is 1.10 bits per heavy atom. The first-order valence-electron chi connectivity index (χ1n) is 9.10. The van der Waals surface area contributed by atoms with Crippen LogP contribution in [0.4, 0.5) is 0 Å². The lowest BCUT2D eigenvalue weighted by atomic mass is 10.1. The summed E-state index contributed by atoms with van der Waals surface area (Å²) in [5, 5.41) is 0. The van der Waals surface area contributed by atoms with E-state index in [0.29, 0.717) is 34.1 Å². The van der Waals surface area contributed by atoms with Crippen molar-refractivity contribution in [3.63, 3.8) is 0 Å². The molecule has 29 heavy (non-hydrogen) atoms. The number of hydrogen-bond donors (Lipinski definition) is 0. The molecule has 0 aliphatic carbocycles. The van der Waals surface area contributed by atoms with Crippen molar-refractivity contribution >= 4 is 17.8 Å². The van der Waals surface area contributed by atoms with Crippen molar-refractivity contribution in [2.24, 2.45) is 0 Å². The number of carbonyl (C=O) groups excluding carboxylic acids is 2. The van der Waals surface area contributed by atoms with Crippen molar-refractivity contribution in [3.8, 4) is 23.0 Å². The van der Waals surface area contributed by atoms with Crippen molar-refractivity contribution in [1.29, 1.82) is 0 Å². The summed E-state index contributed by atoms with van der Waals surface area (Å²) < 4.78 is 26.8. The first-order chi connectivity index (χ1) is 14.0. The number of ether oxygens (including phenoxy) is 5. The van der Waals surface area contributed by atoms with E-state index >= 15 is 0 Å². The van der Waals surface area contributed by atoms with E-state index in [1.54, 1.807) is 70.5 Å². The van der Waals surface area contributed by atoms with Crippen LogP contribution in [0.15, 0.2) is 42.2 Å². The summed E-state index contributed by atoms with van der Waals surface area (Å²) in [4.78, 5) is 24.4. The third-order valence-electron chi connectivity index (χ3n) is 4.30. The van der Waals surface area contributed by atoms with Crippen LogP contribution in [-0.2, 0) is 9.53 Å². The summed E-state index contributed by atoms with van der Waals surface area (Å²) in [7, 11) is 3.11. The molecule has 1 aliphatic heterocycles. The van der Waals surface area contributed by atoms with Gasteiger partial charge in [0.2, 0.25) is 5.78 Å². The molecule has 0 bridgehead atoms. The van der Waals surface area contributed by atoms with E-state index in [4.69, 9.17) is 23.7 Å². The Kier molecular flexibility index (Phi) is 6.07. The maximum atomic E-state index is 12.7. The largest absolute Gasteiger partial charge is 0.497 e. The second-order valence-electron chi connectivity index (χ2n) is 6.22. The summed E-state index contributed by atoms with van der Waals surface area (Å²) >= 11 is 0. The van der Waals surface area contributed by atoms with Crippen LogP contribution in [0, 0.1) is 0 Å². The molecule has 152 valence electrons. The van der Waals surface area contributed by atoms with E-state index in [0.717, 1.165) is 0 Å². The van der Waals surface area contributed by atoms with E-state index in [-0.39, 0.29) is 18.1 Å². The van der Waals surface area contributed by atoms with Gasteiger partial charge in [-0.2, -0.15) is 0 Å². The van der Waals surface area contributed by atoms with Gasteiger partial charge in [0.1, 0.15) is 23.0 Å². The highest BCUT2D eigenvalue weighted by atomic mass is 16.6. The number of esters is 1. The molecule has 1 atom stereocenters. The van der Waals surface area contributed by atoms with Crippen molar-refractivity contribution in [2.75, 3.05) is 20.8 Å². The fourth-order valence-electron chi connectivity index (χ4n) is 2.85. The number of ketones is 1. The third-order valence-corrected chi connectivity index (χ3v) is 4.30. The highest BCUT2D eigenvalue weighted by Crippen LogP contribution is 2.36. The SMILES string of the molecule is CCOC(=O)[C@H](C)Oc1ccc2c(c1)OC(=Cc1cc(OC)ccc1OC)C2=O. The molecule has 0 radical (unpaired) electrons. The predicted octanol–water partition coefficient (Wildman–Crippen LogP) is 3.65. The monoisotopic (exact) mass is 398 g/mol. The molecule has 7 nitrogen and oxygen atoms in total. The molecule has 0 N–H and O–H groups in total. The van der Waals surface area contributed by atoms with Gasteiger partial charge in [-0.05, 0) is 50.3 Å². The second-order valence-corrected chi connectivity index (χ2v) is 6.22. The third kappa shape index (κ3) is 4.34. The Morgan fingerprint density at radius 3 is 2.55 bits per heavy atom. The Balaban J connectivity index is 1.84. The van der Waals surface area contributed by atoms with Gasteiger partial charge in [0.05, 0.1) is 26.4 Å². The van der Waals surface area contributed by atoms with Crippen molar-refractivity contribution < 1.29 is 33.3 Å². The van der Waals surface area contributed by atoms with E-state index in [2.05, 4.69) is 0 Å². The van der Waals surface area contributed by atoms with Gasteiger partial charge in [-0.3, -0.25) is 4.79 Å². The number of carbonyl (C=O) groups is 2. The average Bonchev–Trinajstić information content (AvgIpc) is 3.02. The minimum Gasteiger partial charge on any atom is -0.497 e. The molecule has 0 unspecified atom stereocenters. The Bertz CT molecular complexity index is 962. The number of benzene rings is 2. The van der Waals surface area contributed by atoms with E-state index in [9.17, 15) is 9.59 Å². The number of allylic oxidation sites excluding steroid dienone is 1. The molecule has 2 aromatic carbocycles. The van der Waals surface area contributed by atoms with Gasteiger partial charge in [0.25, 0.3) is 0 Å². The van der Waals surface area contributed by atoms with Crippen LogP contribution in [-0.4, -0.2) is 38.7 Å².